The zero-order valence-corrected chi connectivity index (χ0v) is 14.2. The van der Waals surface area contributed by atoms with E-state index in [9.17, 15) is 0 Å². The molecule has 0 spiro atoms. The number of unbranched alkanes of at least 4 members (excludes halogenated alkanes) is 1. The molecule has 0 heterocycles. The van der Waals surface area contributed by atoms with Gasteiger partial charge in [-0.15, -0.1) is 0 Å². The summed E-state index contributed by atoms with van der Waals surface area (Å²) >= 11 is 0. The van der Waals surface area contributed by atoms with Crippen LogP contribution in [0, 0.1) is 5.92 Å². The van der Waals surface area contributed by atoms with Gasteiger partial charge in [-0.3, -0.25) is 0 Å². The Kier molecular flexibility index (Phi) is 7.05. The second-order valence-corrected chi connectivity index (χ2v) is 6.63. The van der Waals surface area contributed by atoms with Crippen molar-refractivity contribution in [2.45, 2.75) is 73.1 Å². The molecule has 0 aromatic rings. The van der Waals surface area contributed by atoms with Crippen molar-refractivity contribution in [1.82, 2.24) is 0 Å². The highest BCUT2D eigenvalue weighted by Gasteiger charge is 2.14. The van der Waals surface area contributed by atoms with Crippen molar-refractivity contribution in [3.8, 4) is 0 Å². The fourth-order valence-corrected chi connectivity index (χ4v) is 2.73. The number of hydrogen-bond acceptors (Lipinski definition) is 0. The Bertz CT molecular complexity index is 429. The summed E-state index contributed by atoms with van der Waals surface area (Å²) in [5.74, 6) is 0.821. The number of hydrogen-bond donors (Lipinski definition) is 0. The van der Waals surface area contributed by atoms with Crippen LogP contribution >= 0.6 is 0 Å². The van der Waals surface area contributed by atoms with E-state index in [0.717, 1.165) is 5.92 Å². The van der Waals surface area contributed by atoms with Gasteiger partial charge >= 0.3 is 0 Å². The first-order valence-corrected chi connectivity index (χ1v) is 8.17. The third kappa shape index (κ3) is 5.53. The van der Waals surface area contributed by atoms with Crippen LogP contribution in [0.15, 0.2) is 46.6 Å². The highest BCUT2D eigenvalue weighted by atomic mass is 14.2. The summed E-state index contributed by atoms with van der Waals surface area (Å²) in [5.41, 5.74) is 7.09. The van der Waals surface area contributed by atoms with E-state index in [0.29, 0.717) is 0 Å². The zero-order chi connectivity index (χ0) is 15.1. The van der Waals surface area contributed by atoms with Crippen LogP contribution in [0.4, 0.5) is 0 Å². The second kappa shape index (κ2) is 8.29. The lowest BCUT2D eigenvalue weighted by Gasteiger charge is -2.22. The Morgan fingerprint density at radius 1 is 1.35 bits per heavy atom. The number of rotatable bonds is 6. The van der Waals surface area contributed by atoms with E-state index in [1.54, 1.807) is 11.1 Å². The quantitative estimate of drug-likeness (QED) is 0.468. The highest BCUT2D eigenvalue weighted by molar-refractivity contribution is 5.45. The van der Waals surface area contributed by atoms with Gasteiger partial charge in [0, 0.05) is 0 Å². The first kappa shape index (κ1) is 17.0. The smallest absolute Gasteiger partial charge is 0.0231 e. The Hall–Kier alpha value is -1.04. The molecule has 0 radical (unpaired) electrons. The van der Waals surface area contributed by atoms with Crippen molar-refractivity contribution < 1.29 is 0 Å². The van der Waals surface area contributed by atoms with Crippen LogP contribution in [0.3, 0.4) is 0 Å². The van der Waals surface area contributed by atoms with Crippen LogP contribution in [-0.4, -0.2) is 0 Å². The van der Waals surface area contributed by atoms with Crippen LogP contribution in [0.2, 0.25) is 0 Å². The van der Waals surface area contributed by atoms with Crippen molar-refractivity contribution in [2.24, 2.45) is 5.92 Å². The molecular formula is C20H32. The van der Waals surface area contributed by atoms with Gasteiger partial charge in [0.1, 0.15) is 0 Å². The minimum atomic E-state index is 0.821. The maximum atomic E-state index is 4.16. The third-order valence-corrected chi connectivity index (χ3v) is 4.28. The predicted molar refractivity (Wildman–Crippen MR) is 91.9 cm³/mol. The molecule has 1 aliphatic rings. The lowest BCUT2D eigenvalue weighted by Crippen LogP contribution is -2.05. The van der Waals surface area contributed by atoms with E-state index in [2.05, 4.69) is 53.3 Å². The molecule has 0 saturated carbocycles. The Labute approximate surface area is 126 Å². The molecule has 1 aliphatic carbocycles. The standard InChI is InChI=1S/C20H32/c1-7-8-9-16(4)12-19(15(2)3)14-20-13-17(5)10-11-18(20)6/h12,14,17H,2,7-11,13H2,1,3-6H3/b16-12+,19-14-. The van der Waals surface area contributed by atoms with Gasteiger partial charge in [-0.25, -0.2) is 0 Å². The normalized spacial score (nSPS) is 21.4. The van der Waals surface area contributed by atoms with Crippen molar-refractivity contribution in [3.63, 3.8) is 0 Å². The summed E-state index contributed by atoms with van der Waals surface area (Å²) in [6, 6.07) is 0. The van der Waals surface area contributed by atoms with E-state index in [-0.39, 0.29) is 0 Å². The maximum absolute atomic E-state index is 4.16. The largest absolute Gasteiger partial charge is 0.0955 e. The van der Waals surface area contributed by atoms with Crippen LogP contribution in [-0.2, 0) is 0 Å². The molecule has 1 rings (SSSR count). The first-order chi connectivity index (χ1) is 9.43. The molecule has 0 nitrogen and oxygen atoms in total. The van der Waals surface area contributed by atoms with Gasteiger partial charge in [0.15, 0.2) is 0 Å². The predicted octanol–water partition coefficient (Wildman–Crippen LogP) is 6.76. The fourth-order valence-electron chi connectivity index (χ4n) is 2.73. The summed E-state index contributed by atoms with van der Waals surface area (Å²) in [4.78, 5) is 0. The summed E-state index contributed by atoms with van der Waals surface area (Å²) in [7, 11) is 0. The van der Waals surface area contributed by atoms with Crippen LogP contribution in [0.1, 0.15) is 73.1 Å². The SMILES string of the molecule is C=C(C)C(=C\C1=C(C)CCC(C)C1)/C=C(\C)CCCC. The molecule has 0 fully saturated rings. The van der Waals surface area contributed by atoms with E-state index in [4.69, 9.17) is 0 Å². The van der Waals surface area contributed by atoms with E-state index in [1.807, 2.05) is 0 Å². The van der Waals surface area contributed by atoms with E-state index in [1.165, 1.54) is 55.2 Å². The minimum Gasteiger partial charge on any atom is -0.0955 e. The van der Waals surface area contributed by atoms with Gasteiger partial charge in [0.25, 0.3) is 0 Å². The van der Waals surface area contributed by atoms with Crippen LogP contribution in [0.25, 0.3) is 0 Å². The van der Waals surface area contributed by atoms with Crippen molar-refractivity contribution in [1.29, 1.82) is 0 Å². The van der Waals surface area contributed by atoms with Gasteiger partial charge in [0.05, 0.1) is 0 Å². The van der Waals surface area contributed by atoms with Gasteiger partial charge in [-0.1, -0.05) is 55.7 Å². The molecule has 0 aliphatic heterocycles. The van der Waals surface area contributed by atoms with E-state index >= 15 is 0 Å². The van der Waals surface area contributed by atoms with Crippen LogP contribution in [0.5, 0.6) is 0 Å². The van der Waals surface area contributed by atoms with Gasteiger partial charge in [0.2, 0.25) is 0 Å². The Morgan fingerprint density at radius 3 is 2.65 bits per heavy atom. The molecule has 0 N–H and O–H groups in total. The zero-order valence-electron chi connectivity index (χ0n) is 14.2. The van der Waals surface area contributed by atoms with Crippen molar-refractivity contribution >= 4 is 0 Å². The molecule has 0 bridgehead atoms. The van der Waals surface area contributed by atoms with Gasteiger partial charge in [-0.2, -0.15) is 0 Å². The molecule has 0 amide bonds. The maximum Gasteiger partial charge on any atom is -0.0231 e. The third-order valence-electron chi connectivity index (χ3n) is 4.28. The lowest BCUT2D eigenvalue weighted by molar-refractivity contribution is 0.502. The second-order valence-electron chi connectivity index (χ2n) is 6.63. The van der Waals surface area contributed by atoms with E-state index < -0.39 is 0 Å². The van der Waals surface area contributed by atoms with Gasteiger partial charge in [-0.05, 0) is 69.9 Å². The Balaban J connectivity index is 2.96. The Morgan fingerprint density at radius 2 is 2.05 bits per heavy atom. The summed E-state index contributed by atoms with van der Waals surface area (Å²) in [6.45, 7) is 15.4. The molecule has 1 atom stereocenters. The monoisotopic (exact) mass is 272 g/mol. The number of allylic oxidation sites excluding steroid dienone is 7. The van der Waals surface area contributed by atoms with Crippen molar-refractivity contribution in [2.75, 3.05) is 0 Å². The van der Waals surface area contributed by atoms with Crippen LogP contribution < -0.4 is 0 Å². The molecule has 0 aromatic heterocycles. The van der Waals surface area contributed by atoms with Gasteiger partial charge < -0.3 is 0 Å². The topological polar surface area (TPSA) is 0 Å². The highest BCUT2D eigenvalue weighted by Crippen LogP contribution is 2.31. The summed E-state index contributed by atoms with van der Waals surface area (Å²) in [6.07, 6.45) is 12.3. The molecule has 0 aromatic carbocycles. The summed E-state index contributed by atoms with van der Waals surface area (Å²) < 4.78 is 0. The fraction of sp³-hybridized carbons (Fsp3) is 0.600. The average Bonchev–Trinajstić information content (AvgIpc) is 2.39. The molecule has 20 heavy (non-hydrogen) atoms. The minimum absolute atomic E-state index is 0.821. The molecular weight excluding hydrogens is 240 g/mol. The van der Waals surface area contributed by atoms with Crippen molar-refractivity contribution in [3.05, 3.63) is 46.6 Å². The molecule has 0 heteroatoms. The first-order valence-electron chi connectivity index (χ1n) is 8.17. The summed E-state index contributed by atoms with van der Waals surface area (Å²) in [5, 5.41) is 0. The molecule has 0 saturated heterocycles. The molecule has 112 valence electrons. The molecule has 1 unspecified atom stereocenters. The lowest BCUT2D eigenvalue weighted by atomic mass is 9.84. The average molecular weight is 272 g/mol.